The maximum Gasteiger partial charge on any atom is 0.339 e. The number of methoxy groups -OCH3 is 1. The average Bonchev–Trinajstić information content (AvgIpc) is 2.69. The van der Waals surface area contributed by atoms with Gasteiger partial charge in [0.25, 0.3) is 0 Å². The third-order valence-electron chi connectivity index (χ3n) is 4.47. The summed E-state index contributed by atoms with van der Waals surface area (Å²) in [6, 6.07) is 17.2. The quantitative estimate of drug-likeness (QED) is 0.836. The van der Waals surface area contributed by atoms with E-state index in [2.05, 4.69) is 27.2 Å². The molecule has 6 nitrogen and oxygen atoms in total. The van der Waals surface area contributed by atoms with E-state index in [0.29, 0.717) is 17.8 Å². The molecule has 26 heavy (non-hydrogen) atoms. The van der Waals surface area contributed by atoms with E-state index in [4.69, 9.17) is 4.74 Å². The minimum absolute atomic E-state index is 0.130. The monoisotopic (exact) mass is 353 g/mol. The van der Waals surface area contributed by atoms with Gasteiger partial charge in [-0.15, -0.1) is 0 Å². The number of carbonyl (C=O) groups is 2. The zero-order chi connectivity index (χ0) is 18.4. The summed E-state index contributed by atoms with van der Waals surface area (Å²) in [5.74, 6) is -0.591. The lowest BCUT2D eigenvalue weighted by Gasteiger charge is -2.35. The van der Waals surface area contributed by atoms with Crippen molar-refractivity contribution in [3.8, 4) is 0 Å². The summed E-state index contributed by atoms with van der Waals surface area (Å²) in [6.07, 6.45) is 0. The van der Waals surface area contributed by atoms with Crippen LogP contribution in [0.25, 0.3) is 0 Å². The van der Waals surface area contributed by atoms with Crippen molar-refractivity contribution < 1.29 is 14.3 Å². The number of anilines is 2. The molecule has 0 spiro atoms. The van der Waals surface area contributed by atoms with E-state index in [0.717, 1.165) is 26.2 Å². The van der Waals surface area contributed by atoms with E-state index >= 15 is 0 Å². The number of rotatable bonds is 5. The highest BCUT2D eigenvalue weighted by molar-refractivity contribution is 6.01. The van der Waals surface area contributed by atoms with Crippen molar-refractivity contribution in [2.75, 3.05) is 50.1 Å². The van der Waals surface area contributed by atoms with E-state index in [1.165, 1.54) is 12.8 Å². The predicted octanol–water partition coefficient (Wildman–Crippen LogP) is 2.23. The summed E-state index contributed by atoms with van der Waals surface area (Å²) in [5.41, 5.74) is 2.05. The number of nitrogens with one attached hydrogen (secondary N) is 1. The molecule has 1 saturated heterocycles. The highest BCUT2D eigenvalue weighted by Crippen LogP contribution is 2.17. The van der Waals surface area contributed by atoms with Crippen LogP contribution in [0, 0.1) is 0 Å². The fraction of sp³-hybridized carbons (Fsp3) is 0.300. The summed E-state index contributed by atoms with van der Waals surface area (Å²) < 4.78 is 4.76. The average molecular weight is 353 g/mol. The Morgan fingerprint density at radius 3 is 2.31 bits per heavy atom. The highest BCUT2D eigenvalue weighted by Gasteiger charge is 2.20. The molecule has 1 amide bonds. The van der Waals surface area contributed by atoms with Crippen molar-refractivity contribution >= 4 is 23.3 Å². The van der Waals surface area contributed by atoms with Crippen LogP contribution in [-0.2, 0) is 9.53 Å². The van der Waals surface area contributed by atoms with Gasteiger partial charge < -0.3 is 15.0 Å². The molecule has 2 aromatic carbocycles. The molecule has 1 heterocycles. The first-order valence-electron chi connectivity index (χ1n) is 8.67. The van der Waals surface area contributed by atoms with Gasteiger partial charge >= 0.3 is 5.97 Å². The molecule has 0 radical (unpaired) electrons. The molecule has 0 aromatic heterocycles. The molecule has 0 saturated carbocycles. The molecule has 0 bridgehead atoms. The Kier molecular flexibility index (Phi) is 5.86. The standard InChI is InChI=1S/C20H23N3O3/c1-26-20(25)17-9-5-6-10-18(17)21-19(24)15-22-11-13-23(14-12-22)16-7-3-2-4-8-16/h2-10H,11-15H2,1H3,(H,21,24). The Bertz CT molecular complexity index is 756. The summed E-state index contributed by atoms with van der Waals surface area (Å²) in [4.78, 5) is 28.6. The molecule has 1 fully saturated rings. The Morgan fingerprint density at radius 1 is 0.962 bits per heavy atom. The van der Waals surface area contributed by atoms with Gasteiger partial charge in [-0.2, -0.15) is 0 Å². The second-order valence-corrected chi connectivity index (χ2v) is 6.18. The maximum absolute atomic E-state index is 12.4. The fourth-order valence-corrected chi connectivity index (χ4v) is 3.08. The number of piperazine rings is 1. The first-order valence-corrected chi connectivity index (χ1v) is 8.67. The van der Waals surface area contributed by atoms with Crippen LogP contribution in [0.5, 0.6) is 0 Å². The van der Waals surface area contributed by atoms with Gasteiger partial charge in [-0.05, 0) is 24.3 Å². The lowest BCUT2D eigenvalue weighted by atomic mass is 10.2. The molecular formula is C20H23N3O3. The van der Waals surface area contributed by atoms with Crippen LogP contribution in [0.3, 0.4) is 0 Å². The van der Waals surface area contributed by atoms with Crippen molar-refractivity contribution in [3.63, 3.8) is 0 Å². The third kappa shape index (κ3) is 4.40. The first kappa shape index (κ1) is 17.9. The second kappa shape index (κ2) is 8.49. The van der Waals surface area contributed by atoms with Crippen LogP contribution in [0.4, 0.5) is 11.4 Å². The highest BCUT2D eigenvalue weighted by atomic mass is 16.5. The molecule has 2 aromatic rings. The first-order chi connectivity index (χ1) is 12.7. The second-order valence-electron chi connectivity index (χ2n) is 6.18. The van der Waals surface area contributed by atoms with Crippen molar-refractivity contribution in [2.24, 2.45) is 0 Å². The lowest BCUT2D eigenvalue weighted by molar-refractivity contribution is -0.117. The van der Waals surface area contributed by atoms with Gasteiger partial charge in [-0.25, -0.2) is 4.79 Å². The van der Waals surface area contributed by atoms with Gasteiger partial charge in [0.15, 0.2) is 0 Å². The van der Waals surface area contributed by atoms with Gasteiger partial charge in [0, 0.05) is 31.9 Å². The molecular weight excluding hydrogens is 330 g/mol. The van der Waals surface area contributed by atoms with Gasteiger partial charge in [0.2, 0.25) is 5.91 Å². The number of hydrogen-bond donors (Lipinski definition) is 1. The van der Waals surface area contributed by atoms with Crippen molar-refractivity contribution in [2.45, 2.75) is 0 Å². The summed E-state index contributed by atoms with van der Waals surface area (Å²) >= 11 is 0. The van der Waals surface area contributed by atoms with E-state index in [-0.39, 0.29) is 5.91 Å². The van der Waals surface area contributed by atoms with Crippen LogP contribution in [0.1, 0.15) is 10.4 Å². The van der Waals surface area contributed by atoms with Gasteiger partial charge in [-0.1, -0.05) is 30.3 Å². The Morgan fingerprint density at radius 2 is 1.62 bits per heavy atom. The number of esters is 1. The number of carbonyl (C=O) groups excluding carboxylic acids is 2. The van der Waals surface area contributed by atoms with Gasteiger partial charge in [-0.3, -0.25) is 9.69 Å². The molecule has 1 aliphatic heterocycles. The Balaban J connectivity index is 1.53. The zero-order valence-electron chi connectivity index (χ0n) is 14.9. The number of para-hydroxylation sites is 2. The maximum atomic E-state index is 12.4. The number of amides is 1. The van der Waals surface area contributed by atoms with E-state index < -0.39 is 5.97 Å². The molecule has 136 valence electrons. The molecule has 0 aliphatic carbocycles. The van der Waals surface area contributed by atoms with Crippen LogP contribution in [-0.4, -0.2) is 56.6 Å². The van der Waals surface area contributed by atoms with Crippen molar-refractivity contribution in [1.82, 2.24) is 4.90 Å². The van der Waals surface area contributed by atoms with E-state index in [1.807, 2.05) is 18.2 Å². The van der Waals surface area contributed by atoms with Crippen LogP contribution in [0.15, 0.2) is 54.6 Å². The van der Waals surface area contributed by atoms with E-state index in [9.17, 15) is 9.59 Å². The smallest absolute Gasteiger partial charge is 0.339 e. The Hall–Kier alpha value is -2.86. The minimum Gasteiger partial charge on any atom is -0.465 e. The van der Waals surface area contributed by atoms with Gasteiger partial charge in [0.05, 0.1) is 24.9 Å². The van der Waals surface area contributed by atoms with Crippen molar-refractivity contribution in [3.05, 3.63) is 60.2 Å². The lowest BCUT2D eigenvalue weighted by Crippen LogP contribution is -2.48. The molecule has 1 N–H and O–H groups in total. The number of benzene rings is 2. The van der Waals surface area contributed by atoms with Crippen LogP contribution < -0.4 is 10.2 Å². The SMILES string of the molecule is COC(=O)c1ccccc1NC(=O)CN1CCN(c2ccccc2)CC1. The largest absolute Gasteiger partial charge is 0.465 e. The number of hydrogen-bond acceptors (Lipinski definition) is 5. The molecule has 6 heteroatoms. The van der Waals surface area contributed by atoms with E-state index in [1.54, 1.807) is 24.3 Å². The fourth-order valence-electron chi connectivity index (χ4n) is 3.08. The topological polar surface area (TPSA) is 61.9 Å². The number of ether oxygens (including phenoxy) is 1. The summed E-state index contributed by atoms with van der Waals surface area (Å²) in [7, 11) is 1.33. The zero-order valence-corrected chi connectivity index (χ0v) is 14.9. The minimum atomic E-state index is -0.461. The van der Waals surface area contributed by atoms with Crippen molar-refractivity contribution in [1.29, 1.82) is 0 Å². The molecule has 0 atom stereocenters. The third-order valence-corrected chi connectivity index (χ3v) is 4.47. The predicted molar refractivity (Wildman–Crippen MR) is 102 cm³/mol. The Labute approximate surface area is 153 Å². The molecule has 1 aliphatic rings. The molecule has 0 unspecified atom stereocenters. The molecule has 3 rings (SSSR count). The number of nitrogens with zero attached hydrogens (tertiary/aromatic N) is 2. The summed E-state index contributed by atoms with van der Waals surface area (Å²) in [5, 5.41) is 2.82. The van der Waals surface area contributed by atoms with Crippen LogP contribution >= 0.6 is 0 Å². The van der Waals surface area contributed by atoms with Crippen LogP contribution in [0.2, 0.25) is 0 Å². The normalized spacial score (nSPS) is 14.7. The van der Waals surface area contributed by atoms with Gasteiger partial charge in [0.1, 0.15) is 0 Å². The summed E-state index contributed by atoms with van der Waals surface area (Å²) in [6.45, 7) is 3.71.